The molecule has 0 unspecified atom stereocenters. The summed E-state index contributed by atoms with van der Waals surface area (Å²) in [4.78, 5) is 2.91. The summed E-state index contributed by atoms with van der Waals surface area (Å²) in [5.74, 6) is 0. The fourth-order valence-corrected chi connectivity index (χ4v) is 8.56. The Balaban J connectivity index is 2.12. The normalized spacial score (nSPS) is 23.5. The van der Waals surface area contributed by atoms with Crippen LogP contribution < -0.4 is 10.4 Å². The monoisotopic (exact) mass is 295 g/mol. The Morgan fingerprint density at radius 2 is 1.48 bits per heavy atom. The maximum absolute atomic E-state index is 10.3. The molecule has 2 atom stereocenters. The van der Waals surface area contributed by atoms with E-state index in [1.807, 2.05) is 36.4 Å². The van der Waals surface area contributed by atoms with Gasteiger partial charge in [0.05, 0.1) is 12.1 Å². The van der Waals surface area contributed by atoms with Crippen LogP contribution in [-0.4, -0.2) is 25.3 Å². The third-order valence-electron chi connectivity index (χ3n) is 4.41. The van der Waals surface area contributed by atoms with E-state index >= 15 is 0 Å². The van der Waals surface area contributed by atoms with Gasteiger partial charge in [-0.3, -0.25) is 0 Å². The summed E-state index contributed by atoms with van der Waals surface area (Å²) in [5, 5.41) is 16.8. The Kier molecular flexibility index (Phi) is 3.79. The molecule has 4 nitrogen and oxygen atoms in total. The smallest absolute Gasteiger partial charge is 0.121 e. The van der Waals surface area contributed by atoms with Gasteiger partial charge in [-0.1, -0.05) is 76.2 Å². The molecular weight excluding hydrogens is 278 g/mol. The van der Waals surface area contributed by atoms with Crippen molar-refractivity contribution >= 4 is 18.4 Å². The molecule has 0 bridgehead atoms. The van der Waals surface area contributed by atoms with Gasteiger partial charge in [-0.15, -0.1) is 0 Å². The van der Waals surface area contributed by atoms with Crippen LogP contribution in [0.1, 0.15) is 0 Å². The van der Waals surface area contributed by atoms with Crippen molar-refractivity contribution in [3.05, 3.63) is 71.1 Å². The molecule has 1 saturated heterocycles. The minimum atomic E-state index is -2.06. The number of aliphatic hydroxyl groups excluding tert-OH is 1. The molecule has 2 aromatic carbocycles. The average Bonchev–Trinajstić information content (AvgIpc) is 2.88. The first-order chi connectivity index (χ1) is 10.3. The van der Waals surface area contributed by atoms with E-state index in [2.05, 4.69) is 34.3 Å². The van der Waals surface area contributed by atoms with Crippen molar-refractivity contribution in [1.82, 2.24) is 0 Å². The van der Waals surface area contributed by atoms with Crippen LogP contribution in [0.4, 0.5) is 0 Å². The van der Waals surface area contributed by atoms with Crippen LogP contribution in [0, 0.1) is 0 Å². The van der Waals surface area contributed by atoms with Crippen molar-refractivity contribution in [3.8, 4) is 0 Å². The maximum atomic E-state index is 10.3. The zero-order valence-electron chi connectivity index (χ0n) is 11.6. The molecular formula is C16H17N3OSi. The Bertz CT molecular complexity index is 616. The molecule has 0 saturated carbocycles. The van der Waals surface area contributed by atoms with Crippen molar-refractivity contribution in [2.24, 2.45) is 5.11 Å². The van der Waals surface area contributed by atoms with Gasteiger partial charge in [0.25, 0.3) is 0 Å². The topological polar surface area (TPSA) is 69.0 Å². The molecule has 0 aliphatic carbocycles. The highest BCUT2D eigenvalue weighted by atomic mass is 28.3. The highest BCUT2D eigenvalue weighted by Crippen LogP contribution is 2.32. The summed E-state index contributed by atoms with van der Waals surface area (Å²) in [6.45, 7) is 0. The van der Waals surface area contributed by atoms with E-state index in [-0.39, 0.29) is 6.04 Å². The predicted octanol–water partition coefficient (Wildman–Crippen LogP) is 2.30. The Morgan fingerprint density at radius 1 is 0.952 bits per heavy atom. The first kappa shape index (κ1) is 13.9. The van der Waals surface area contributed by atoms with Gasteiger partial charge in [0, 0.05) is 4.91 Å². The van der Waals surface area contributed by atoms with Crippen molar-refractivity contribution in [1.29, 1.82) is 0 Å². The number of hydrogen-bond acceptors (Lipinski definition) is 2. The molecule has 0 amide bonds. The zero-order valence-corrected chi connectivity index (χ0v) is 12.6. The summed E-state index contributed by atoms with van der Waals surface area (Å²) in [6, 6.07) is 21.9. The second-order valence-electron chi connectivity index (χ2n) is 5.56. The van der Waals surface area contributed by atoms with Gasteiger partial charge in [0.1, 0.15) is 8.07 Å². The quantitative estimate of drug-likeness (QED) is 0.401. The molecule has 5 heteroatoms. The third-order valence-corrected chi connectivity index (χ3v) is 9.52. The predicted molar refractivity (Wildman–Crippen MR) is 86.5 cm³/mol. The Morgan fingerprint density at radius 3 is 1.95 bits per heavy atom. The molecule has 106 valence electrons. The minimum absolute atomic E-state index is 0.318. The van der Waals surface area contributed by atoms with Gasteiger partial charge >= 0.3 is 0 Å². The molecule has 0 spiro atoms. The van der Waals surface area contributed by atoms with E-state index in [1.165, 1.54) is 10.4 Å². The van der Waals surface area contributed by atoms with Gasteiger partial charge in [-0.2, -0.15) is 0 Å². The molecule has 2 aromatic rings. The SMILES string of the molecule is [N-]=[N+]=N[C@H]1C[Si](c2ccccc2)(c2ccccc2)C[C@@H]1O. The van der Waals surface area contributed by atoms with Crippen molar-refractivity contribution in [2.75, 3.05) is 0 Å². The lowest BCUT2D eigenvalue weighted by Crippen LogP contribution is -2.56. The van der Waals surface area contributed by atoms with Crippen LogP contribution in [-0.2, 0) is 0 Å². The summed E-state index contributed by atoms with van der Waals surface area (Å²) in [7, 11) is -2.06. The second kappa shape index (κ2) is 5.74. The van der Waals surface area contributed by atoms with E-state index in [9.17, 15) is 5.11 Å². The third kappa shape index (κ3) is 2.47. The number of benzene rings is 2. The van der Waals surface area contributed by atoms with Crippen LogP contribution in [0.3, 0.4) is 0 Å². The molecule has 1 N–H and O–H groups in total. The largest absolute Gasteiger partial charge is 0.393 e. The summed E-state index contributed by atoms with van der Waals surface area (Å²) < 4.78 is 0. The number of aliphatic hydroxyl groups is 1. The first-order valence-electron chi connectivity index (χ1n) is 7.09. The first-order valence-corrected chi connectivity index (χ1v) is 9.51. The summed E-state index contributed by atoms with van der Waals surface area (Å²) in [5.41, 5.74) is 8.72. The van der Waals surface area contributed by atoms with Crippen molar-refractivity contribution < 1.29 is 5.11 Å². The average molecular weight is 295 g/mol. The number of nitrogens with zero attached hydrogens (tertiary/aromatic N) is 3. The lowest BCUT2D eigenvalue weighted by atomic mass is 10.2. The zero-order chi connectivity index (χ0) is 14.7. The number of azide groups is 1. The van der Waals surface area contributed by atoms with E-state index in [1.54, 1.807) is 0 Å². The molecule has 1 aliphatic rings. The van der Waals surface area contributed by atoms with Crippen LogP contribution in [0.15, 0.2) is 65.8 Å². The van der Waals surface area contributed by atoms with Crippen LogP contribution >= 0.6 is 0 Å². The van der Waals surface area contributed by atoms with E-state index in [0.29, 0.717) is 6.04 Å². The van der Waals surface area contributed by atoms with E-state index in [4.69, 9.17) is 5.53 Å². The van der Waals surface area contributed by atoms with Crippen molar-refractivity contribution in [2.45, 2.75) is 24.2 Å². The van der Waals surface area contributed by atoms with E-state index < -0.39 is 14.2 Å². The van der Waals surface area contributed by atoms with Crippen LogP contribution in [0.5, 0.6) is 0 Å². The highest BCUT2D eigenvalue weighted by Gasteiger charge is 2.48. The number of hydrogen-bond donors (Lipinski definition) is 1. The lowest BCUT2D eigenvalue weighted by molar-refractivity contribution is 0.180. The molecule has 21 heavy (non-hydrogen) atoms. The molecule has 1 aliphatic heterocycles. The summed E-state index contributed by atoms with van der Waals surface area (Å²) >= 11 is 0. The lowest BCUT2D eigenvalue weighted by Gasteiger charge is -2.28. The fourth-order valence-electron chi connectivity index (χ4n) is 3.41. The molecule has 1 fully saturated rings. The van der Waals surface area contributed by atoms with Gasteiger partial charge in [0.15, 0.2) is 0 Å². The van der Waals surface area contributed by atoms with Crippen LogP contribution in [0.2, 0.25) is 12.1 Å². The second-order valence-corrected chi connectivity index (χ2v) is 9.70. The Hall–Kier alpha value is -2.07. The summed E-state index contributed by atoms with van der Waals surface area (Å²) in [6.07, 6.45) is -0.548. The van der Waals surface area contributed by atoms with E-state index in [0.717, 1.165) is 6.04 Å². The maximum Gasteiger partial charge on any atom is 0.121 e. The molecule has 0 aromatic heterocycles. The van der Waals surface area contributed by atoms with Gasteiger partial charge in [-0.25, -0.2) is 0 Å². The fraction of sp³-hybridized carbons (Fsp3) is 0.250. The van der Waals surface area contributed by atoms with Gasteiger partial charge in [0.2, 0.25) is 0 Å². The molecule has 0 radical (unpaired) electrons. The van der Waals surface area contributed by atoms with Crippen LogP contribution in [0.25, 0.3) is 10.4 Å². The molecule has 1 heterocycles. The number of rotatable bonds is 3. The standard InChI is InChI=1S/C16H17N3OSi/c17-19-18-15-11-21(12-16(15)20,13-7-3-1-4-8-13)14-9-5-2-6-10-14/h1-10,15-16,20H,11-12H2/t15-,16-/m0/s1. The Labute approximate surface area is 124 Å². The van der Waals surface area contributed by atoms with Gasteiger partial charge in [-0.05, 0) is 17.6 Å². The molecule has 3 rings (SSSR count). The van der Waals surface area contributed by atoms with Gasteiger partial charge < -0.3 is 5.11 Å². The minimum Gasteiger partial charge on any atom is -0.393 e. The highest BCUT2D eigenvalue weighted by molar-refractivity contribution is 7.03. The van der Waals surface area contributed by atoms with Crippen molar-refractivity contribution in [3.63, 3.8) is 0 Å².